The molecule has 0 spiro atoms. The number of hydrogen-bond acceptors (Lipinski definition) is 4. The summed E-state index contributed by atoms with van der Waals surface area (Å²) in [6.45, 7) is 0.782. The molecule has 5 nitrogen and oxygen atoms in total. The molecule has 1 aromatic carbocycles. The molecular weight excluding hydrogens is 324 g/mol. The molecule has 1 heterocycles. The molecule has 2 aromatic rings. The van der Waals surface area contributed by atoms with Gasteiger partial charge < -0.3 is 4.57 Å². The zero-order valence-corrected chi connectivity index (χ0v) is 13.9. The molecule has 0 saturated carbocycles. The van der Waals surface area contributed by atoms with Gasteiger partial charge in [0.25, 0.3) is 10.1 Å². The number of aryl methyl sites for hydroxylation is 1. The van der Waals surface area contributed by atoms with Crippen molar-refractivity contribution >= 4 is 21.7 Å². The summed E-state index contributed by atoms with van der Waals surface area (Å²) < 4.78 is 30.0. The molecule has 1 atom stereocenters. The van der Waals surface area contributed by atoms with Crippen molar-refractivity contribution in [3.8, 4) is 0 Å². The summed E-state index contributed by atoms with van der Waals surface area (Å²) in [7, 11) is -3.48. The smallest absolute Gasteiger partial charge is 0.264 e. The zero-order valence-electron chi connectivity index (χ0n) is 12.4. The van der Waals surface area contributed by atoms with Gasteiger partial charge in [-0.05, 0) is 30.5 Å². The maximum atomic E-state index is 11.4. The van der Waals surface area contributed by atoms with Crippen LogP contribution in [0.2, 0.25) is 5.02 Å². The molecule has 22 heavy (non-hydrogen) atoms. The number of rotatable bonds is 8. The van der Waals surface area contributed by atoms with Crippen LogP contribution >= 0.6 is 11.6 Å². The molecule has 0 saturated heterocycles. The van der Waals surface area contributed by atoms with Crippen molar-refractivity contribution in [1.29, 1.82) is 0 Å². The Morgan fingerprint density at radius 2 is 2.05 bits per heavy atom. The Balaban J connectivity index is 1.94. The summed E-state index contributed by atoms with van der Waals surface area (Å²) in [5.74, 6) is 0. The number of aromatic nitrogens is 2. The van der Waals surface area contributed by atoms with Crippen LogP contribution in [0.3, 0.4) is 0 Å². The fraction of sp³-hybridized carbons (Fsp3) is 0.400. The molecule has 0 radical (unpaired) electrons. The lowest BCUT2D eigenvalue weighted by Gasteiger charge is -2.16. The van der Waals surface area contributed by atoms with Crippen molar-refractivity contribution in [3.63, 3.8) is 0 Å². The van der Waals surface area contributed by atoms with Crippen LogP contribution in [0.1, 0.15) is 18.4 Å². The van der Waals surface area contributed by atoms with Gasteiger partial charge in [-0.2, -0.15) is 8.42 Å². The minimum atomic E-state index is -3.48. The topological polar surface area (TPSA) is 61.2 Å². The highest BCUT2D eigenvalue weighted by atomic mass is 35.5. The van der Waals surface area contributed by atoms with Gasteiger partial charge in [-0.15, -0.1) is 0 Å². The molecule has 2 rings (SSSR count). The van der Waals surface area contributed by atoms with E-state index in [4.69, 9.17) is 15.8 Å². The molecule has 0 N–H and O–H groups in total. The average molecular weight is 343 g/mol. The number of hydrogen-bond donors (Lipinski definition) is 0. The Morgan fingerprint density at radius 1 is 1.32 bits per heavy atom. The third kappa shape index (κ3) is 6.17. The fourth-order valence-corrected chi connectivity index (χ4v) is 3.02. The van der Waals surface area contributed by atoms with Crippen molar-refractivity contribution in [3.05, 3.63) is 53.6 Å². The molecule has 1 aromatic heterocycles. The van der Waals surface area contributed by atoms with Crippen molar-refractivity contribution in [2.24, 2.45) is 0 Å². The van der Waals surface area contributed by atoms with Gasteiger partial charge in [0.1, 0.15) is 0 Å². The van der Waals surface area contributed by atoms with E-state index in [0.717, 1.165) is 24.8 Å². The molecule has 0 aliphatic carbocycles. The van der Waals surface area contributed by atoms with Crippen LogP contribution in [-0.2, 0) is 27.3 Å². The minimum Gasteiger partial charge on any atom is -0.337 e. The second kappa shape index (κ2) is 7.76. The van der Waals surface area contributed by atoms with Gasteiger partial charge in [0.15, 0.2) is 0 Å². The molecule has 1 unspecified atom stereocenters. The van der Waals surface area contributed by atoms with Gasteiger partial charge in [0.05, 0.1) is 18.7 Å². The maximum absolute atomic E-state index is 11.4. The van der Waals surface area contributed by atoms with Gasteiger partial charge in [0.2, 0.25) is 0 Å². The van der Waals surface area contributed by atoms with Crippen molar-refractivity contribution < 1.29 is 12.6 Å². The van der Waals surface area contributed by atoms with Crippen molar-refractivity contribution in [2.75, 3.05) is 6.26 Å². The summed E-state index contributed by atoms with van der Waals surface area (Å²) in [5, 5.41) is 0.657. The maximum Gasteiger partial charge on any atom is 0.264 e. The summed E-state index contributed by atoms with van der Waals surface area (Å²) in [5.41, 5.74) is 1.00. The van der Waals surface area contributed by atoms with E-state index in [2.05, 4.69) is 4.98 Å². The lowest BCUT2D eigenvalue weighted by Crippen LogP contribution is -2.20. The first-order valence-corrected chi connectivity index (χ1v) is 9.20. The van der Waals surface area contributed by atoms with E-state index in [1.165, 1.54) is 0 Å². The van der Waals surface area contributed by atoms with Gasteiger partial charge in [-0.25, -0.2) is 4.98 Å². The van der Waals surface area contributed by atoms with Gasteiger partial charge >= 0.3 is 0 Å². The number of halogens is 1. The van der Waals surface area contributed by atoms with Crippen LogP contribution < -0.4 is 0 Å². The lowest BCUT2D eigenvalue weighted by molar-refractivity contribution is 0.195. The Kier molecular flexibility index (Phi) is 5.99. The molecule has 0 fully saturated rings. The van der Waals surface area contributed by atoms with Crippen LogP contribution in [0, 0.1) is 0 Å². The molecule has 7 heteroatoms. The van der Waals surface area contributed by atoms with Crippen molar-refractivity contribution in [1.82, 2.24) is 9.55 Å². The third-order valence-corrected chi connectivity index (χ3v) is 4.06. The van der Waals surface area contributed by atoms with Gasteiger partial charge in [-0.3, -0.25) is 4.18 Å². The summed E-state index contributed by atoms with van der Waals surface area (Å²) in [6.07, 6.45) is 8.04. The number of benzene rings is 1. The first kappa shape index (κ1) is 17.0. The van der Waals surface area contributed by atoms with Crippen LogP contribution in [-0.4, -0.2) is 30.3 Å². The Morgan fingerprint density at radius 3 is 2.64 bits per heavy atom. The van der Waals surface area contributed by atoms with E-state index in [9.17, 15) is 8.42 Å². The zero-order chi connectivity index (χ0) is 16.0. The molecular formula is C15H19ClN2O3S. The van der Waals surface area contributed by atoms with Gasteiger partial charge in [-0.1, -0.05) is 23.7 Å². The minimum absolute atomic E-state index is 0.375. The van der Waals surface area contributed by atoms with Crippen LogP contribution in [0.15, 0.2) is 43.0 Å². The van der Waals surface area contributed by atoms with E-state index in [-0.39, 0.29) is 6.10 Å². The van der Waals surface area contributed by atoms with Crippen LogP contribution in [0.4, 0.5) is 0 Å². The molecule has 0 aliphatic heterocycles. The SMILES string of the molecule is CS(=O)(=O)OC(CCCn1ccnc1)Cc1ccc(Cl)cc1. The summed E-state index contributed by atoms with van der Waals surface area (Å²) in [4.78, 5) is 3.98. The van der Waals surface area contributed by atoms with Crippen LogP contribution in [0.25, 0.3) is 0 Å². The normalized spacial score (nSPS) is 13.2. The summed E-state index contributed by atoms with van der Waals surface area (Å²) >= 11 is 5.86. The highest BCUT2D eigenvalue weighted by Crippen LogP contribution is 2.16. The highest BCUT2D eigenvalue weighted by molar-refractivity contribution is 7.86. The van der Waals surface area contributed by atoms with E-state index in [1.807, 2.05) is 22.9 Å². The second-order valence-electron chi connectivity index (χ2n) is 5.20. The summed E-state index contributed by atoms with van der Waals surface area (Å²) in [6, 6.07) is 7.35. The predicted octanol–water partition coefficient (Wildman–Crippen LogP) is 2.90. The Labute approximate surface area is 136 Å². The predicted molar refractivity (Wildman–Crippen MR) is 86.3 cm³/mol. The average Bonchev–Trinajstić information content (AvgIpc) is 2.93. The first-order valence-electron chi connectivity index (χ1n) is 7.01. The largest absolute Gasteiger partial charge is 0.337 e. The highest BCUT2D eigenvalue weighted by Gasteiger charge is 2.16. The second-order valence-corrected chi connectivity index (χ2v) is 7.23. The molecule has 120 valence electrons. The van der Waals surface area contributed by atoms with E-state index in [1.54, 1.807) is 24.7 Å². The van der Waals surface area contributed by atoms with Gasteiger partial charge in [0, 0.05) is 30.4 Å². The molecule has 0 amide bonds. The number of nitrogens with zero attached hydrogens (tertiary/aromatic N) is 2. The third-order valence-electron chi connectivity index (χ3n) is 3.19. The van der Waals surface area contributed by atoms with E-state index < -0.39 is 10.1 Å². The van der Waals surface area contributed by atoms with E-state index >= 15 is 0 Å². The monoisotopic (exact) mass is 342 g/mol. The Hall–Kier alpha value is -1.37. The standard InChI is InChI=1S/C15H19ClN2O3S/c1-22(19,20)21-15(3-2-9-18-10-8-17-12-18)11-13-4-6-14(16)7-5-13/h4-8,10,12,15H,2-3,9,11H2,1H3. The Bertz CT molecular complexity index is 669. The van der Waals surface area contributed by atoms with Crippen molar-refractivity contribution in [2.45, 2.75) is 31.9 Å². The quantitative estimate of drug-likeness (QED) is 0.692. The number of imidazole rings is 1. The first-order chi connectivity index (χ1) is 10.4. The fourth-order valence-electron chi connectivity index (χ4n) is 2.24. The lowest BCUT2D eigenvalue weighted by atomic mass is 10.0. The van der Waals surface area contributed by atoms with Crippen LogP contribution in [0.5, 0.6) is 0 Å². The van der Waals surface area contributed by atoms with E-state index in [0.29, 0.717) is 17.9 Å². The molecule has 0 bridgehead atoms. The molecule has 0 aliphatic rings.